The van der Waals surface area contributed by atoms with Gasteiger partial charge >= 0.3 is 0 Å². The maximum absolute atomic E-state index is 9.98. The third-order valence-corrected chi connectivity index (χ3v) is 7.05. The summed E-state index contributed by atoms with van der Waals surface area (Å²) in [5, 5.41) is 13.7. The van der Waals surface area contributed by atoms with Crippen molar-refractivity contribution in [1.82, 2.24) is 5.32 Å². The Labute approximate surface area is 147 Å². The number of benzene rings is 1. The van der Waals surface area contributed by atoms with E-state index in [1.54, 1.807) is 0 Å². The van der Waals surface area contributed by atoms with Crippen molar-refractivity contribution in [3.63, 3.8) is 0 Å². The Hall–Kier alpha value is -0.860. The van der Waals surface area contributed by atoms with E-state index in [1.165, 1.54) is 81.8 Å². The third-order valence-electron chi connectivity index (χ3n) is 7.05. The van der Waals surface area contributed by atoms with Crippen LogP contribution in [0.2, 0.25) is 0 Å². The van der Waals surface area contributed by atoms with Crippen LogP contribution in [-0.2, 0) is 13.0 Å². The summed E-state index contributed by atoms with van der Waals surface area (Å²) in [6.07, 6.45) is 14.8. The minimum atomic E-state index is -0.0126. The van der Waals surface area contributed by atoms with Crippen molar-refractivity contribution >= 4 is 0 Å². The average molecular weight is 328 g/mol. The van der Waals surface area contributed by atoms with Crippen LogP contribution >= 0.6 is 0 Å². The van der Waals surface area contributed by atoms with E-state index >= 15 is 0 Å². The Bertz CT molecular complexity index is 549. The minimum absolute atomic E-state index is 0.0126. The number of hydrogen-bond acceptors (Lipinski definition) is 2. The van der Waals surface area contributed by atoms with E-state index in [9.17, 15) is 5.11 Å². The molecular formula is C22H33NO. The van der Waals surface area contributed by atoms with Crippen LogP contribution in [0.3, 0.4) is 0 Å². The molecule has 0 amide bonds. The van der Waals surface area contributed by atoms with E-state index in [0.717, 1.165) is 12.5 Å². The molecule has 0 unspecified atom stereocenters. The van der Waals surface area contributed by atoms with Crippen molar-refractivity contribution in [1.29, 1.82) is 0 Å². The molecule has 3 aliphatic carbocycles. The molecule has 24 heavy (non-hydrogen) atoms. The van der Waals surface area contributed by atoms with Crippen molar-refractivity contribution in [2.75, 3.05) is 6.61 Å². The molecule has 1 aromatic carbocycles. The van der Waals surface area contributed by atoms with Crippen molar-refractivity contribution in [3.05, 3.63) is 35.4 Å². The first-order valence-electron chi connectivity index (χ1n) is 10.1. The highest BCUT2D eigenvalue weighted by molar-refractivity contribution is 5.24. The zero-order valence-corrected chi connectivity index (χ0v) is 15.0. The lowest BCUT2D eigenvalue weighted by Crippen LogP contribution is -2.62. The van der Waals surface area contributed by atoms with Gasteiger partial charge in [0.25, 0.3) is 0 Å². The molecule has 4 rings (SSSR count). The van der Waals surface area contributed by atoms with Gasteiger partial charge in [-0.1, -0.05) is 62.8 Å². The van der Waals surface area contributed by atoms with Gasteiger partial charge in [0.1, 0.15) is 0 Å². The Morgan fingerprint density at radius 3 is 2.42 bits per heavy atom. The third kappa shape index (κ3) is 3.41. The minimum Gasteiger partial charge on any atom is -0.394 e. The Balaban J connectivity index is 1.33. The van der Waals surface area contributed by atoms with Gasteiger partial charge in [0, 0.05) is 12.1 Å². The molecule has 1 aromatic rings. The molecule has 0 heterocycles. The molecule has 2 nitrogen and oxygen atoms in total. The molecule has 3 fully saturated rings. The Kier molecular flexibility index (Phi) is 4.70. The van der Waals surface area contributed by atoms with Gasteiger partial charge < -0.3 is 10.4 Å². The highest BCUT2D eigenvalue weighted by Gasteiger charge is 2.53. The lowest BCUT2D eigenvalue weighted by Gasteiger charge is -2.58. The second-order valence-corrected chi connectivity index (χ2v) is 9.03. The van der Waals surface area contributed by atoms with Crippen LogP contribution in [-0.4, -0.2) is 17.3 Å². The average Bonchev–Trinajstić information content (AvgIpc) is 2.55. The zero-order valence-electron chi connectivity index (χ0n) is 15.0. The predicted molar refractivity (Wildman–Crippen MR) is 98.9 cm³/mol. The summed E-state index contributed by atoms with van der Waals surface area (Å²) in [4.78, 5) is 0. The molecular weight excluding hydrogens is 294 g/mol. The number of aliphatic hydroxyl groups excluding tert-OH is 1. The van der Waals surface area contributed by atoms with Crippen molar-refractivity contribution in [3.8, 4) is 0 Å². The van der Waals surface area contributed by atoms with Gasteiger partial charge in [-0.05, 0) is 54.6 Å². The highest BCUT2D eigenvalue weighted by atomic mass is 16.3. The van der Waals surface area contributed by atoms with Crippen molar-refractivity contribution < 1.29 is 5.11 Å². The maximum Gasteiger partial charge on any atom is 0.0613 e. The van der Waals surface area contributed by atoms with E-state index in [1.807, 2.05) is 0 Å². The topological polar surface area (TPSA) is 32.3 Å². The molecule has 2 N–H and O–H groups in total. The van der Waals surface area contributed by atoms with Crippen LogP contribution in [0, 0.1) is 11.3 Å². The van der Waals surface area contributed by atoms with Gasteiger partial charge in [-0.2, -0.15) is 0 Å². The summed E-state index contributed by atoms with van der Waals surface area (Å²) in [5.41, 5.74) is 3.42. The van der Waals surface area contributed by atoms with Crippen molar-refractivity contribution in [2.45, 2.75) is 82.7 Å². The molecule has 0 aliphatic heterocycles. The van der Waals surface area contributed by atoms with Crippen LogP contribution in [0.15, 0.2) is 24.3 Å². The fourth-order valence-electron chi connectivity index (χ4n) is 5.52. The van der Waals surface area contributed by atoms with E-state index < -0.39 is 0 Å². The first kappa shape index (κ1) is 16.6. The summed E-state index contributed by atoms with van der Waals surface area (Å²) >= 11 is 0. The number of hydrogen-bond donors (Lipinski definition) is 2. The van der Waals surface area contributed by atoms with Gasteiger partial charge in [-0.15, -0.1) is 0 Å². The van der Waals surface area contributed by atoms with E-state index in [0.29, 0.717) is 5.41 Å². The molecule has 2 heteroatoms. The largest absolute Gasteiger partial charge is 0.394 e. The Morgan fingerprint density at radius 1 is 1.00 bits per heavy atom. The highest BCUT2D eigenvalue weighted by Crippen LogP contribution is 2.56. The molecule has 0 aromatic heterocycles. The summed E-state index contributed by atoms with van der Waals surface area (Å²) in [6.45, 7) is 1.19. The van der Waals surface area contributed by atoms with E-state index in [-0.39, 0.29) is 12.1 Å². The van der Waals surface area contributed by atoms with Gasteiger partial charge in [0.2, 0.25) is 0 Å². The van der Waals surface area contributed by atoms with E-state index in [2.05, 4.69) is 29.6 Å². The van der Waals surface area contributed by atoms with E-state index in [4.69, 9.17) is 0 Å². The number of nitrogens with one attached hydrogen (secondary N) is 1. The quantitative estimate of drug-likeness (QED) is 0.800. The fraction of sp³-hybridized carbons (Fsp3) is 0.727. The van der Waals surface area contributed by atoms with Gasteiger partial charge in [0.05, 0.1) is 6.61 Å². The van der Waals surface area contributed by atoms with Crippen LogP contribution in [0.5, 0.6) is 0 Å². The number of aliphatic hydroxyl groups is 1. The number of rotatable bonds is 6. The molecule has 0 saturated heterocycles. The molecule has 132 valence electrons. The SMILES string of the molecule is OCC1(NCc2cccc(CC3CCC3)c2)CC2(CCCCC2)C1. The predicted octanol–water partition coefficient (Wildman–Crippen LogP) is 4.59. The summed E-state index contributed by atoms with van der Waals surface area (Å²) in [7, 11) is 0. The summed E-state index contributed by atoms with van der Waals surface area (Å²) in [5.74, 6) is 0.926. The first-order chi connectivity index (χ1) is 11.7. The van der Waals surface area contributed by atoms with Crippen LogP contribution in [0.4, 0.5) is 0 Å². The normalized spacial score (nSPS) is 25.2. The first-order valence-corrected chi connectivity index (χ1v) is 10.1. The fourth-order valence-corrected chi connectivity index (χ4v) is 5.52. The maximum atomic E-state index is 9.98. The van der Waals surface area contributed by atoms with Crippen LogP contribution < -0.4 is 5.32 Å². The van der Waals surface area contributed by atoms with Crippen LogP contribution in [0.1, 0.15) is 75.3 Å². The molecule has 0 radical (unpaired) electrons. The molecule has 0 atom stereocenters. The molecule has 1 spiro atoms. The van der Waals surface area contributed by atoms with Gasteiger partial charge in [-0.25, -0.2) is 0 Å². The van der Waals surface area contributed by atoms with Gasteiger partial charge in [0.15, 0.2) is 0 Å². The van der Waals surface area contributed by atoms with Crippen LogP contribution in [0.25, 0.3) is 0 Å². The zero-order chi connectivity index (χ0) is 16.5. The second-order valence-electron chi connectivity index (χ2n) is 9.03. The molecule has 3 aliphatic rings. The summed E-state index contributed by atoms with van der Waals surface area (Å²) in [6, 6.07) is 9.10. The lowest BCUT2D eigenvalue weighted by molar-refractivity contribution is -0.0581. The smallest absolute Gasteiger partial charge is 0.0613 e. The Morgan fingerprint density at radius 2 is 1.75 bits per heavy atom. The summed E-state index contributed by atoms with van der Waals surface area (Å²) < 4.78 is 0. The monoisotopic (exact) mass is 327 g/mol. The lowest BCUT2D eigenvalue weighted by atomic mass is 9.52. The molecule has 3 saturated carbocycles. The van der Waals surface area contributed by atoms with Gasteiger partial charge in [-0.3, -0.25) is 0 Å². The van der Waals surface area contributed by atoms with Crippen molar-refractivity contribution in [2.24, 2.45) is 11.3 Å². The molecule has 0 bridgehead atoms. The second kappa shape index (κ2) is 6.80. The standard InChI is InChI=1S/C22H33NO/c24-17-22(15-21(16-22)10-2-1-3-11-21)23-14-20-9-5-8-19(13-20)12-18-6-4-7-18/h5,8-9,13,18,23-24H,1-4,6-7,10-12,14-17H2.